The van der Waals surface area contributed by atoms with Gasteiger partial charge in [-0.3, -0.25) is 4.79 Å². The van der Waals surface area contributed by atoms with Gasteiger partial charge in [0.25, 0.3) is 0 Å². The standard InChI is InChI=1S/C12H14ClNO4S/c1-19(17,18)11-3-2-8(13)5-9(11)10-4-7(6-14-10)12(15)16/h2-3,5,7,10,14H,4,6H2,1H3,(H,15,16). The van der Waals surface area contributed by atoms with E-state index in [0.29, 0.717) is 23.6 Å². The van der Waals surface area contributed by atoms with Crippen LogP contribution >= 0.6 is 11.6 Å². The molecule has 5 nitrogen and oxygen atoms in total. The van der Waals surface area contributed by atoms with E-state index < -0.39 is 21.7 Å². The molecular weight excluding hydrogens is 290 g/mol. The summed E-state index contributed by atoms with van der Waals surface area (Å²) in [6.45, 7) is 0.329. The zero-order valence-corrected chi connectivity index (χ0v) is 11.8. The van der Waals surface area contributed by atoms with E-state index in [2.05, 4.69) is 5.32 Å². The third-order valence-corrected chi connectivity index (χ3v) is 4.63. The van der Waals surface area contributed by atoms with Crippen molar-refractivity contribution in [2.75, 3.05) is 12.8 Å². The Hall–Kier alpha value is -1.11. The summed E-state index contributed by atoms with van der Waals surface area (Å²) >= 11 is 5.91. The zero-order chi connectivity index (χ0) is 14.2. The van der Waals surface area contributed by atoms with Crippen molar-refractivity contribution in [2.24, 2.45) is 5.92 Å². The number of sulfone groups is 1. The molecule has 7 heteroatoms. The van der Waals surface area contributed by atoms with E-state index in [1.54, 1.807) is 6.07 Å². The van der Waals surface area contributed by atoms with E-state index in [9.17, 15) is 13.2 Å². The summed E-state index contributed by atoms with van der Waals surface area (Å²) in [6.07, 6.45) is 1.49. The number of halogens is 1. The van der Waals surface area contributed by atoms with Gasteiger partial charge < -0.3 is 10.4 Å². The molecule has 2 rings (SSSR count). The lowest BCUT2D eigenvalue weighted by atomic mass is 10.0. The van der Waals surface area contributed by atoms with Crippen molar-refractivity contribution in [3.8, 4) is 0 Å². The fourth-order valence-electron chi connectivity index (χ4n) is 2.29. The van der Waals surface area contributed by atoms with Gasteiger partial charge in [-0.1, -0.05) is 11.6 Å². The van der Waals surface area contributed by atoms with Gasteiger partial charge in [0, 0.05) is 23.9 Å². The summed E-state index contributed by atoms with van der Waals surface area (Å²) in [5, 5.41) is 12.5. The van der Waals surface area contributed by atoms with Gasteiger partial charge in [-0.15, -0.1) is 0 Å². The van der Waals surface area contributed by atoms with Gasteiger partial charge in [-0.25, -0.2) is 8.42 Å². The molecule has 0 radical (unpaired) electrons. The van der Waals surface area contributed by atoms with Crippen LogP contribution in [0.15, 0.2) is 23.1 Å². The summed E-state index contributed by atoms with van der Waals surface area (Å²) in [4.78, 5) is 11.1. The molecule has 2 unspecified atom stereocenters. The number of benzene rings is 1. The predicted octanol–water partition coefficient (Wildman–Crippen LogP) is 1.48. The lowest BCUT2D eigenvalue weighted by molar-refractivity contribution is -0.141. The highest BCUT2D eigenvalue weighted by Gasteiger charge is 2.32. The third-order valence-electron chi connectivity index (χ3n) is 3.23. The SMILES string of the molecule is CS(=O)(=O)c1ccc(Cl)cc1C1CC(C(=O)O)CN1. The van der Waals surface area contributed by atoms with E-state index in [4.69, 9.17) is 16.7 Å². The van der Waals surface area contributed by atoms with Crippen LogP contribution < -0.4 is 5.32 Å². The Bertz CT molecular complexity index is 614. The Morgan fingerprint density at radius 1 is 1.47 bits per heavy atom. The number of carbonyl (C=O) groups is 1. The molecule has 104 valence electrons. The van der Waals surface area contributed by atoms with Crippen molar-refractivity contribution in [3.05, 3.63) is 28.8 Å². The molecule has 1 aliphatic heterocycles. The molecule has 0 aliphatic carbocycles. The van der Waals surface area contributed by atoms with Crippen LogP contribution in [0.5, 0.6) is 0 Å². The topological polar surface area (TPSA) is 83.5 Å². The van der Waals surface area contributed by atoms with Gasteiger partial charge in [0.15, 0.2) is 9.84 Å². The molecule has 0 spiro atoms. The highest BCUT2D eigenvalue weighted by molar-refractivity contribution is 7.90. The minimum atomic E-state index is -3.37. The normalized spacial score (nSPS) is 23.5. The van der Waals surface area contributed by atoms with Crippen molar-refractivity contribution in [2.45, 2.75) is 17.4 Å². The van der Waals surface area contributed by atoms with Gasteiger partial charge in [0.05, 0.1) is 10.8 Å². The summed E-state index contributed by atoms with van der Waals surface area (Å²) in [5.41, 5.74) is 0.541. The van der Waals surface area contributed by atoms with Gasteiger partial charge in [-0.05, 0) is 30.2 Å². The van der Waals surface area contributed by atoms with Crippen LogP contribution in [0.25, 0.3) is 0 Å². The second-order valence-electron chi connectivity index (χ2n) is 4.69. The maximum absolute atomic E-state index is 11.7. The van der Waals surface area contributed by atoms with Crippen LogP contribution in [0.4, 0.5) is 0 Å². The van der Waals surface area contributed by atoms with E-state index in [1.165, 1.54) is 12.1 Å². The Kier molecular flexibility index (Phi) is 3.85. The number of hydrogen-bond donors (Lipinski definition) is 2. The first kappa shape index (κ1) is 14.3. The van der Waals surface area contributed by atoms with Crippen LogP contribution in [0, 0.1) is 5.92 Å². The van der Waals surface area contributed by atoms with E-state index in [0.717, 1.165) is 6.26 Å². The average Bonchev–Trinajstić information content (AvgIpc) is 2.76. The molecule has 1 heterocycles. The molecule has 1 aromatic carbocycles. The third kappa shape index (κ3) is 3.08. The minimum Gasteiger partial charge on any atom is -0.481 e. The minimum absolute atomic E-state index is 0.195. The molecule has 0 aromatic heterocycles. The first-order valence-corrected chi connectivity index (χ1v) is 8.01. The molecule has 2 N–H and O–H groups in total. The molecule has 1 aliphatic rings. The van der Waals surface area contributed by atoms with Crippen molar-refractivity contribution in [1.29, 1.82) is 0 Å². The van der Waals surface area contributed by atoms with Crippen molar-refractivity contribution in [3.63, 3.8) is 0 Å². The molecule has 0 saturated carbocycles. The molecule has 1 saturated heterocycles. The first-order valence-electron chi connectivity index (χ1n) is 5.74. The van der Waals surface area contributed by atoms with E-state index in [1.807, 2.05) is 0 Å². The number of carboxylic acid groups (broad SMARTS) is 1. The Morgan fingerprint density at radius 3 is 2.68 bits per heavy atom. The molecule has 19 heavy (non-hydrogen) atoms. The van der Waals surface area contributed by atoms with Crippen molar-refractivity contribution < 1.29 is 18.3 Å². The smallest absolute Gasteiger partial charge is 0.307 e. The Balaban J connectivity index is 2.40. The number of rotatable bonds is 3. The number of nitrogens with one attached hydrogen (secondary N) is 1. The lowest BCUT2D eigenvalue weighted by Gasteiger charge is -2.15. The average molecular weight is 304 g/mol. The summed E-state index contributed by atoms with van der Waals surface area (Å²) in [7, 11) is -3.37. The maximum Gasteiger partial charge on any atom is 0.307 e. The molecule has 0 amide bonds. The number of aliphatic carboxylic acids is 1. The highest BCUT2D eigenvalue weighted by Crippen LogP contribution is 2.33. The summed E-state index contributed by atoms with van der Waals surface area (Å²) in [5.74, 6) is -1.38. The number of hydrogen-bond acceptors (Lipinski definition) is 4. The zero-order valence-electron chi connectivity index (χ0n) is 10.3. The molecule has 1 fully saturated rings. The number of carboxylic acids is 1. The van der Waals surface area contributed by atoms with E-state index >= 15 is 0 Å². The first-order chi connectivity index (χ1) is 8.79. The van der Waals surface area contributed by atoms with Gasteiger partial charge in [0.2, 0.25) is 0 Å². The van der Waals surface area contributed by atoms with Crippen LogP contribution in [0.1, 0.15) is 18.0 Å². The van der Waals surface area contributed by atoms with E-state index in [-0.39, 0.29) is 10.9 Å². The fourth-order valence-corrected chi connectivity index (χ4v) is 3.42. The quantitative estimate of drug-likeness (QED) is 0.883. The second-order valence-corrected chi connectivity index (χ2v) is 7.11. The molecule has 1 aromatic rings. The lowest BCUT2D eigenvalue weighted by Crippen LogP contribution is -2.18. The van der Waals surface area contributed by atoms with Crippen LogP contribution in [-0.4, -0.2) is 32.3 Å². The Morgan fingerprint density at radius 2 is 2.16 bits per heavy atom. The Labute approximate surface area is 116 Å². The summed E-state index contributed by atoms with van der Waals surface area (Å²) < 4.78 is 23.5. The van der Waals surface area contributed by atoms with Gasteiger partial charge >= 0.3 is 5.97 Å². The molecule has 0 bridgehead atoms. The van der Waals surface area contributed by atoms with Crippen molar-refractivity contribution in [1.82, 2.24) is 5.32 Å². The summed E-state index contributed by atoms with van der Waals surface area (Å²) in [6, 6.07) is 4.26. The van der Waals surface area contributed by atoms with Gasteiger partial charge in [-0.2, -0.15) is 0 Å². The second kappa shape index (κ2) is 5.11. The van der Waals surface area contributed by atoms with Crippen LogP contribution in [0.2, 0.25) is 5.02 Å². The predicted molar refractivity (Wildman–Crippen MR) is 71.0 cm³/mol. The maximum atomic E-state index is 11.7. The van der Waals surface area contributed by atoms with Crippen molar-refractivity contribution >= 4 is 27.4 Å². The molecule has 2 atom stereocenters. The molecular formula is C12H14ClNO4S. The van der Waals surface area contributed by atoms with Crippen LogP contribution in [-0.2, 0) is 14.6 Å². The highest BCUT2D eigenvalue weighted by atomic mass is 35.5. The fraction of sp³-hybridized carbons (Fsp3) is 0.417. The van der Waals surface area contributed by atoms with Crippen LogP contribution in [0.3, 0.4) is 0 Å². The van der Waals surface area contributed by atoms with Gasteiger partial charge in [0.1, 0.15) is 0 Å². The largest absolute Gasteiger partial charge is 0.481 e. The monoisotopic (exact) mass is 303 g/mol.